The number of ether oxygens (including phenoxy) is 1. The second kappa shape index (κ2) is 8.02. The van der Waals surface area contributed by atoms with Crippen molar-refractivity contribution < 1.29 is 34.4 Å². The highest BCUT2D eigenvalue weighted by molar-refractivity contribution is 7.51. The van der Waals surface area contributed by atoms with E-state index in [0.29, 0.717) is 5.69 Å². The molecule has 1 aliphatic carbocycles. The van der Waals surface area contributed by atoms with Gasteiger partial charge in [-0.1, -0.05) is 24.5 Å². The molecule has 1 saturated heterocycles. The van der Waals surface area contributed by atoms with Gasteiger partial charge in [0.1, 0.15) is 30.1 Å². The highest BCUT2D eigenvalue weighted by Gasteiger charge is 2.45. The molecule has 0 unspecified atom stereocenters. The number of rotatable bonds is 5. The summed E-state index contributed by atoms with van der Waals surface area (Å²) in [5.74, 6) is 0. The summed E-state index contributed by atoms with van der Waals surface area (Å²) in [6, 6.07) is 0.242. The van der Waals surface area contributed by atoms with Crippen molar-refractivity contribution in [3.63, 3.8) is 0 Å². The first-order chi connectivity index (χ1) is 12.3. The van der Waals surface area contributed by atoms with E-state index in [0.717, 1.165) is 25.7 Å². The van der Waals surface area contributed by atoms with Crippen LogP contribution in [0.3, 0.4) is 0 Å². The van der Waals surface area contributed by atoms with E-state index in [9.17, 15) is 19.9 Å². The van der Waals surface area contributed by atoms with E-state index in [1.807, 2.05) is 0 Å². The Balaban J connectivity index is 1.73. The summed E-state index contributed by atoms with van der Waals surface area (Å²) in [6.07, 6.45) is 0.0913. The SMILES string of the molecule is O=P(O)(O)CC[C@H]1O[C@H](c2cn(C3CCCCC3)nn2)[C@@H](O)[C@@H](O)[C@@H]1O. The van der Waals surface area contributed by atoms with E-state index in [2.05, 4.69) is 10.3 Å². The van der Waals surface area contributed by atoms with E-state index >= 15 is 0 Å². The van der Waals surface area contributed by atoms with Crippen LogP contribution in [0.2, 0.25) is 0 Å². The van der Waals surface area contributed by atoms with Gasteiger partial charge in [0.25, 0.3) is 0 Å². The highest BCUT2D eigenvalue weighted by atomic mass is 31.2. The Bertz CT molecular complexity index is 645. The fraction of sp³-hybridized carbons (Fsp3) is 0.867. The molecule has 0 spiro atoms. The molecule has 1 aromatic rings. The minimum atomic E-state index is -4.27. The van der Waals surface area contributed by atoms with Crippen LogP contribution in [-0.2, 0) is 9.30 Å². The van der Waals surface area contributed by atoms with Crippen molar-refractivity contribution in [3.8, 4) is 0 Å². The lowest BCUT2D eigenvalue weighted by Gasteiger charge is -2.40. The molecular weight excluding hydrogens is 365 g/mol. The van der Waals surface area contributed by atoms with E-state index in [4.69, 9.17) is 14.5 Å². The zero-order valence-corrected chi connectivity index (χ0v) is 15.2. The fourth-order valence-corrected chi connectivity index (χ4v) is 4.26. The maximum Gasteiger partial charge on any atom is 0.325 e. The summed E-state index contributed by atoms with van der Waals surface area (Å²) in [4.78, 5) is 18.0. The molecule has 2 heterocycles. The fourth-order valence-electron chi connectivity index (χ4n) is 3.67. The van der Waals surface area contributed by atoms with E-state index in [-0.39, 0.29) is 12.5 Å². The lowest BCUT2D eigenvalue weighted by atomic mass is 9.92. The molecule has 0 radical (unpaired) electrons. The molecule has 0 amide bonds. The van der Waals surface area contributed by atoms with Crippen molar-refractivity contribution in [2.45, 2.75) is 75.1 Å². The Kier molecular flexibility index (Phi) is 6.13. The van der Waals surface area contributed by atoms with Crippen LogP contribution < -0.4 is 0 Å². The zero-order valence-electron chi connectivity index (χ0n) is 14.3. The van der Waals surface area contributed by atoms with Gasteiger partial charge in [-0.2, -0.15) is 0 Å². The Morgan fingerprint density at radius 3 is 2.46 bits per heavy atom. The molecule has 26 heavy (non-hydrogen) atoms. The summed E-state index contributed by atoms with van der Waals surface area (Å²) >= 11 is 0. The van der Waals surface area contributed by atoms with Crippen LogP contribution >= 0.6 is 7.60 Å². The van der Waals surface area contributed by atoms with Crippen LogP contribution in [0.4, 0.5) is 0 Å². The number of hydrogen-bond donors (Lipinski definition) is 5. The van der Waals surface area contributed by atoms with Crippen molar-refractivity contribution >= 4 is 7.60 Å². The van der Waals surface area contributed by atoms with Crippen LogP contribution in [0, 0.1) is 0 Å². The van der Waals surface area contributed by atoms with Gasteiger partial charge in [0, 0.05) is 0 Å². The monoisotopic (exact) mass is 391 g/mol. The summed E-state index contributed by atoms with van der Waals surface area (Å²) < 4.78 is 18.5. The summed E-state index contributed by atoms with van der Waals surface area (Å²) in [5, 5.41) is 38.6. The minimum absolute atomic E-state index is 0.150. The van der Waals surface area contributed by atoms with E-state index in [1.54, 1.807) is 10.9 Å². The first-order valence-corrected chi connectivity index (χ1v) is 10.7. The second-order valence-electron chi connectivity index (χ2n) is 7.16. The van der Waals surface area contributed by atoms with Gasteiger partial charge in [0.05, 0.1) is 24.5 Å². The van der Waals surface area contributed by atoms with Gasteiger partial charge in [-0.3, -0.25) is 4.57 Å². The number of aliphatic hydroxyl groups excluding tert-OH is 3. The molecule has 1 aliphatic heterocycles. The predicted molar refractivity (Wildman–Crippen MR) is 89.3 cm³/mol. The van der Waals surface area contributed by atoms with E-state index < -0.39 is 44.3 Å². The van der Waals surface area contributed by atoms with Gasteiger partial charge in [-0.25, -0.2) is 4.68 Å². The lowest BCUT2D eigenvalue weighted by molar-refractivity contribution is -0.225. The standard InChI is InChI=1S/C15H26N3O7P/c19-12-11(6-7-26(22,23)24)25-15(14(21)13(12)20)10-8-18(17-16-10)9-4-2-1-3-5-9/h8-9,11-15,19-21H,1-7H2,(H2,22,23,24)/t11-,12-,13+,14+,15-/m1/s1. The molecule has 0 aromatic carbocycles. The third-order valence-electron chi connectivity index (χ3n) is 5.19. The van der Waals surface area contributed by atoms with Crippen molar-refractivity contribution in [2.75, 3.05) is 6.16 Å². The smallest absolute Gasteiger partial charge is 0.325 e. The van der Waals surface area contributed by atoms with Gasteiger partial charge >= 0.3 is 7.60 Å². The minimum Gasteiger partial charge on any atom is -0.388 e. The molecule has 2 fully saturated rings. The third kappa shape index (κ3) is 4.51. The second-order valence-corrected chi connectivity index (χ2v) is 8.94. The first kappa shape index (κ1) is 19.9. The van der Waals surface area contributed by atoms with Crippen LogP contribution in [0.15, 0.2) is 6.20 Å². The topological polar surface area (TPSA) is 158 Å². The van der Waals surface area contributed by atoms with Gasteiger partial charge in [-0.15, -0.1) is 5.10 Å². The molecule has 5 atom stereocenters. The van der Waals surface area contributed by atoms with Crippen molar-refractivity contribution in [3.05, 3.63) is 11.9 Å². The third-order valence-corrected chi connectivity index (χ3v) is 6.03. The molecule has 1 aromatic heterocycles. The maximum atomic E-state index is 11.1. The molecule has 5 N–H and O–H groups in total. The first-order valence-electron chi connectivity index (χ1n) is 8.92. The molecule has 11 heteroatoms. The van der Waals surface area contributed by atoms with Crippen molar-refractivity contribution in [2.24, 2.45) is 0 Å². The lowest BCUT2D eigenvalue weighted by Crippen LogP contribution is -2.54. The summed E-state index contributed by atoms with van der Waals surface area (Å²) in [5.41, 5.74) is 0.329. The number of aromatic nitrogens is 3. The highest BCUT2D eigenvalue weighted by Crippen LogP contribution is 2.39. The van der Waals surface area contributed by atoms with E-state index in [1.165, 1.54) is 6.42 Å². The van der Waals surface area contributed by atoms with Gasteiger partial charge < -0.3 is 29.8 Å². The maximum absolute atomic E-state index is 11.1. The molecule has 10 nitrogen and oxygen atoms in total. The van der Waals surface area contributed by atoms with Gasteiger partial charge in [-0.05, 0) is 19.3 Å². The number of hydrogen-bond acceptors (Lipinski definition) is 7. The Morgan fingerprint density at radius 2 is 1.81 bits per heavy atom. The molecule has 148 valence electrons. The zero-order chi connectivity index (χ0) is 18.9. The number of nitrogens with zero attached hydrogens (tertiary/aromatic N) is 3. The van der Waals surface area contributed by atoms with Gasteiger partial charge in [0.15, 0.2) is 0 Å². The van der Waals surface area contributed by atoms with Crippen LogP contribution in [0.25, 0.3) is 0 Å². The van der Waals surface area contributed by atoms with Gasteiger partial charge in [0.2, 0.25) is 0 Å². The van der Waals surface area contributed by atoms with Crippen LogP contribution in [0.5, 0.6) is 0 Å². The summed E-state index contributed by atoms with van der Waals surface area (Å²) in [6.45, 7) is 0. The van der Waals surface area contributed by atoms with Crippen molar-refractivity contribution in [1.82, 2.24) is 15.0 Å². The molecule has 3 rings (SSSR count). The number of aliphatic hydroxyl groups is 3. The van der Waals surface area contributed by atoms with Crippen LogP contribution in [-0.4, -0.2) is 70.7 Å². The molecular formula is C15H26N3O7P. The Labute approximate surface area is 151 Å². The average Bonchev–Trinajstić information content (AvgIpc) is 3.09. The Hall–Kier alpha value is -0.870. The quantitative estimate of drug-likeness (QED) is 0.431. The Morgan fingerprint density at radius 1 is 1.12 bits per heavy atom. The predicted octanol–water partition coefficient (Wildman–Crippen LogP) is -0.126. The molecule has 1 saturated carbocycles. The van der Waals surface area contributed by atoms with Crippen LogP contribution in [0.1, 0.15) is 56.4 Å². The molecule has 2 aliphatic rings. The largest absolute Gasteiger partial charge is 0.388 e. The summed E-state index contributed by atoms with van der Waals surface area (Å²) in [7, 11) is -4.27. The average molecular weight is 391 g/mol. The normalized spacial score (nSPS) is 34.1. The molecule has 0 bridgehead atoms. The van der Waals surface area contributed by atoms with Crippen molar-refractivity contribution in [1.29, 1.82) is 0 Å².